The van der Waals surface area contributed by atoms with E-state index >= 15 is 0 Å². The molecule has 1 rings (SSSR count). The third kappa shape index (κ3) is 3.54. The topological polar surface area (TPSA) is 66.4 Å². The van der Waals surface area contributed by atoms with Gasteiger partial charge in [-0.15, -0.1) is 11.3 Å². The monoisotopic (exact) mass is 319 g/mol. The summed E-state index contributed by atoms with van der Waals surface area (Å²) in [6.45, 7) is 3.55. The minimum atomic E-state index is -0.913. The van der Waals surface area contributed by atoms with Gasteiger partial charge in [0.25, 0.3) is 5.91 Å². The van der Waals surface area contributed by atoms with E-state index in [-0.39, 0.29) is 12.5 Å². The molecule has 2 N–H and O–H groups in total. The van der Waals surface area contributed by atoms with Gasteiger partial charge in [0.1, 0.15) is 0 Å². The summed E-state index contributed by atoms with van der Waals surface area (Å²) in [5, 5.41) is 11.7. The smallest absolute Gasteiger partial charge is 0.311 e. The number of carbonyl (C=O) groups excluding carboxylic acids is 1. The van der Waals surface area contributed by atoms with Gasteiger partial charge < -0.3 is 10.4 Å². The van der Waals surface area contributed by atoms with Gasteiger partial charge in [0.15, 0.2) is 0 Å². The third-order valence-corrected chi connectivity index (χ3v) is 4.36. The second-order valence-corrected chi connectivity index (χ2v) is 6.47. The predicted octanol–water partition coefficient (Wildman–Crippen LogP) is 2.74. The molecule has 0 spiro atoms. The number of carbonyl (C=O) groups is 2. The Labute approximate surface area is 112 Å². The van der Waals surface area contributed by atoms with Crippen molar-refractivity contribution >= 4 is 39.1 Å². The number of halogens is 1. The third-order valence-electron chi connectivity index (χ3n) is 2.73. The summed E-state index contributed by atoms with van der Waals surface area (Å²) in [6.07, 6.45) is 0.469. The molecule has 0 bridgehead atoms. The lowest BCUT2D eigenvalue weighted by Gasteiger charge is -2.22. The maximum Gasteiger partial charge on any atom is 0.311 e. The average Bonchev–Trinajstić information content (AvgIpc) is 2.72. The molecule has 1 aromatic rings. The molecule has 0 aromatic carbocycles. The molecular weight excluding hydrogens is 306 g/mol. The van der Waals surface area contributed by atoms with Gasteiger partial charge in [0, 0.05) is 6.54 Å². The molecular formula is C11H14BrNO3S. The summed E-state index contributed by atoms with van der Waals surface area (Å²) in [4.78, 5) is 23.3. The summed E-state index contributed by atoms with van der Waals surface area (Å²) in [5.41, 5.74) is -0.913. The van der Waals surface area contributed by atoms with Crippen molar-refractivity contribution in [2.24, 2.45) is 5.41 Å². The molecule has 0 aliphatic rings. The molecule has 1 aromatic heterocycles. The van der Waals surface area contributed by atoms with Gasteiger partial charge in [-0.25, -0.2) is 0 Å². The predicted molar refractivity (Wildman–Crippen MR) is 70.4 cm³/mol. The number of carboxylic acids is 1. The van der Waals surface area contributed by atoms with Crippen molar-refractivity contribution in [2.75, 3.05) is 6.54 Å². The number of rotatable bonds is 5. The van der Waals surface area contributed by atoms with Crippen LogP contribution in [0.3, 0.4) is 0 Å². The second kappa shape index (κ2) is 5.64. The molecule has 0 saturated carbocycles. The van der Waals surface area contributed by atoms with Crippen LogP contribution in [0.15, 0.2) is 15.9 Å². The standard InChI is InChI=1S/C11H14BrNO3S/c1-3-11(2,10(15)16)6-13-9(14)7-4-5-8(12)17-7/h4-5H,3,6H2,1-2H3,(H,13,14)(H,15,16). The summed E-state index contributed by atoms with van der Waals surface area (Å²) in [7, 11) is 0. The zero-order chi connectivity index (χ0) is 13.1. The van der Waals surface area contributed by atoms with E-state index in [0.29, 0.717) is 11.3 Å². The lowest BCUT2D eigenvalue weighted by Crippen LogP contribution is -2.40. The number of thiophene rings is 1. The van der Waals surface area contributed by atoms with Gasteiger partial charge in [0.2, 0.25) is 0 Å². The van der Waals surface area contributed by atoms with E-state index in [1.165, 1.54) is 11.3 Å². The van der Waals surface area contributed by atoms with E-state index in [1.54, 1.807) is 26.0 Å². The van der Waals surface area contributed by atoms with Crippen molar-refractivity contribution in [1.29, 1.82) is 0 Å². The van der Waals surface area contributed by atoms with E-state index in [4.69, 9.17) is 5.11 Å². The molecule has 1 heterocycles. The van der Waals surface area contributed by atoms with Gasteiger partial charge in [-0.3, -0.25) is 9.59 Å². The number of carboxylic acid groups (broad SMARTS) is 1. The lowest BCUT2D eigenvalue weighted by molar-refractivity contribution is -0.147. The highest BCUT2D eigenvalue weighted by Gasteiger charge is 2.31. The lowest BCUT2D eigenvalue weighted by atomic mass is 9.88. The zero-order valence-electron chi connectivity index (χ0n) is 9.62. The molecule has 6 heteroatoms. The fourth-order valence-corrected chi connectivity index (χ4v) is 2.45. The fraction of sp³-hybridized carbons (Fsp3) is 0.455. The first-order valence-electron chi connectivity index (χ1n) is 5.16. The van der Waals surface area contributed by atoms with E-state index in [1.807, 2.05) is 0 Å². The summed E-state index contributed by atoms with van der Waals surface area (Å²) < 4.78 is 0.874. The Morgan fingerprint density at radius 3 is 2.59 bits per heavy atom. The molecule has 1 atom stereocenters. The largest absolute Gasteiger partial charge is 0.481 e. The molecule has 1 unspecified atom stereocenters. The van der Waals surface area contributed by atoms with Crippen LogP contribution in [0.2, 0.25) is 0 Å². The van der Waals surface area contributed by atoms with Crippen LogP contribution in [-0.2, 0) is 4.79 Å². The van der Waals surface area contributed by atoms with E-state index in [2.05, 4.69) is 21.2 Å². The molecule has 0 aliphatic heterocycles. The Bertz CT molecular complexity index is 432. The molecule has 1 amide bonds. The first-order valence-corrected chi connectivity index (χ1v) is 6.77. The molecule has 0 aliphatic carbocycles. The van der Waals surface area contributed by atoms with Crippen LogP contribution in [-0.4, -0.2) is 23.5 Å². The van der Waals surface area contributed by atoms with Gasteiger partial charge >= 0.3 is 5.97 Å². The number of aliphatic carboxylic acids is 1. The first kappa shape index (κ1) is 14.2. The summed E-state index contributed by atoms with van der Waals surface area (Å²) >= 11 is 4.59. The Balaban J connectivity index is 2.62. The van der Waals surface area contributed by atoms with Crippen molar-refractivity contribution in [3.8, 4) is 0 Å². The van der Waals surface area contributed by atoms with Crippen LogP contribution in [0.4, 0.5) is 0 Å². The minimum absolute atomic E-state index is 0.132. The average molecular weight is 320 g/mol. The van der Waals surface area contributed by atoms with E-state index < -0.39 is 11.4 Å². The van der Waals surface area contributed by atoms with E-state index in [9.17, 15) is 9.59 Å². The normalized spacial score (nSPS) is 14.1. The second-order valence-electron chi connectivity index (χ2n) is 4.01. The van der Waals surface area contributed by atoms with Crippen molar-refractivity contribution in [3.05, 3.63) is 20.8 Å². The fourth-order valence-electron chi connectivity index (χ4n) is 1.15. The Kier molecular flexibility index (Phi) is 4.70. The minimum Gasteiger partial charge on any atom is -0.481 e. The number of nitrogens with one attached hydrogen (secondary N) is 1. The Hall–Kier alpha value is -0.880. The van der Waals surface area contributed by atoms with Crippen molar-refractivity contribution in [1.82, 2.24) is 5.32 Å². The van der Waals surface area contributed by atoms with Gasteiger partial charge in [-0.1, -0.05) is 6.92 Å². The van der Waals surface area contributed by atoms with Crippen LogP contribution >= 0.6 is 27.3 Å². The van der Waals surface area contributed by atoms with Gasteiger partial charge in [0.05, 0.1) is 14.1 Å². The highest BCUT2D eigenvalue weighted by molar-refractivity contribution is 9.11. The van der Waals surface area contributed by atoms with Crippen LogP contribution in [0, 0.1) is 5.41 Å². The van der Waals surface area contributed by atoms with Crippen LogP contribution < -0.4 is 5.32 Å². The maximum absolute atomic E-state index is 11.7. The Morgan fingerprint density at radius 2 is 2.18 bits per heavy atom. The molecule has 4 nitrogen and oxygen atoms in total. The van der Waals surface area contributed by atoms with Crippen molar-refractivity contribution < 1.29 is 14.7 Å². The molecule has 17 heavy (non-hydrogen) atoms. The molecule has 94 valence electrons. The number of amides is 1. The highest BCUT2D eigenvalue weighted by Crippen LogP contribution is 2.23. The number of hydrogen-bond donors (Lipinski definition) is 2. The number of hydrogen-bond acceptors (Lipinski definition) is 3. The van der Waals surface area contributed by atoms with E-state index in [0.717, 1.165) is 3.79 Å². The first-order chi connectivity index (χ1) is 7.89. The van der Waals surface area contributed by atoms with Crippen LogP contribution in [0.5, 0.6) is 0 Å². The Morgan fingerprint density at radius 1 is 1.53 bits per heavy atom. The zero-order valence-corrected chi connectivity index (χ0v) is 12.0. The van der Waals surface area contributed by atoms with Crippen LogP contribution in [0.25, 0.3) is 0 Å². The van der Waals surface area contributed by atoms with Gasteiger partial charge in [-0.05, 0) is 41.4 Å². The molecule has 0 saturated heterocycles. The van der Waals surface area contributed by atoms with Crippen LogP contribution in [0.1, 0.15) is 29.9 Å². The SMILES string of the molecule is CCC(C)(CNC(=O)c1ccc(Br)s1)C(=O)O. The maximum atomic E-state index is 11.7. The van der Waals surface area contributed by atoms with Gasteiger partial charge in [-0.2, -0.15) is 0 Å². The summed E-state index contributed by atoms with van der Waals surface area (Å²) in [6, 6.07) is 3.49. The van der Waals surface area contributed by atoms with Crippen molar-refractivity contribution in [3.63, 3.8) is 0 Å². The summed E-state index contributed by atoms with van der Waals surface area (Å²) in [5.74, 6) is -1.13. The molecule has 0 fully saturated rings. The van der Waals surface area contributed by atoms with Crippen molar-refractivity contribution in [2.45, 2.75) is 20.3 Å². The quantitative estimate of drug-likeness (QED) is 0.877. The molecule has 0 radical (unpaired) electrons. The highest BCUT2D eigenvalue weighted by atomic mass is 79.9.